The van der Waals surface area contributed by atoms with Crippen molar-refractivity contribution in [2.75, 3.05) is 5.75 Å². The summed E-state index contributed by atoms with van der Waals surface area (Å²) in [4.78, 5) is 19.1. The summed E-state index contributed by atoms with van der Waals surface area (Å²) in [7, 11) is 0. The van der Waals surface area contributed by atoms with Crippen LogP contribution >= 0.6 is 35.0 Å². The number of fused-ring (bicyclic) bond motifs is 1. The molecule has 5 nitrogen and oxygen atoms in total. The highest BCUT2D eigenvalue weighted by atomic mass is 35.5. The van der Waals surface area contributed by atoms with Gasteiger partial charge in [-0.05, 0) is 6.07 Å². The molecule has 2 aromatic heterocycles. The maximum atomic E-state index is 10.6. The quantitative estimate of drug-likeness (QED) is 0.858. The molecule has 0 atom stereocenters. The van der Waals surface area contributed by atoms with Gasteiger partial charge in [-0.2, -0.15) is 0 Å². The topological polar surface area (TPSA) is 68.0 Å². The van der Waals surface area contributed by atoms with E-state index in [0.29, 0.717) is 32.9 Å². The SMILES string of the molecule is C=C(Cl)Cn1c(SCC(=O)O)nc2cc(Cl)cnc21. The smallest absolute Gasteiger partial charge is 0.313 e. The highest BCUT2D eigenvalue weighted by Gasteiger charge is 2.14. The Balaban J connectivity index is 2.47. The first-order valence-electron chi connectivity index (χ1n) is 5.17. The van der Waals surface area contributed by atoms with Gasteiger partial charge in [0.2, 0.25) is 0 Å². The van der Waals surface area contributed by atoms with Gasteiger partial charge in [0.05, 0.1) is 17.3 Å². The molecule has 0 aliphatic rings. The number of thioether (sulfide) groups is 1. The fourth-order valence-electron chi connectivity index (χ4n) is 1.52. The zero-order valence-electron chi connectivity index (χ0n) is 9.64. The minimum atomic E-state index is -0.917. The Morgan fingerprint density at radius 1 is 1.58 bits per heavy atom. The second-order valence-corrected chi connectivity index (χ2v) is 5.59. The lowest BCUT2D eigenvalue weighted by atomic mass is 10.4. The molecule has 19 heavy (non-hydrogen) atoms. The van der Waals surface area contributed by atoms with E-state index < -0.39 is 5.97 Å². The third-order valence-electron chi connectivity index (χ3n) is 2.17. The third kappa shape index (κ3) is 3.40. The largest absolute Gasteiger partial charge is 0.481 e. The van der Waals surface area contributed by atoms with E-state index in [0.717, 1.165) is 11.8 Å². The van der Waals surface area contributed by atoms with E-state index in [1.54, 1.807) is 10.6 Å². The minimum Gasteiger partial charge on any atom is -0.481 e. The number of carboxylic acid groups (broad SMARTS) is 1. The first-order chi connectivity index (χ1) is 8.97. The molecule has 1 N–H and O–H groups in total. The zero-order chi connectivity index (χ0) is 14.0. The summed E-state index contributed by atoms with van der Waals surface area (Å²) in [5.74, 6) is -1.01. The Bertz CT molecular complexity index is 657. The van der Waals surface area contributed by atoms with Crippen molar-refractivity contribution in [3.8, 4) is 0 Å². The van der Waals surface area contributed by atoms with Gasteiger partial charge in [-0.1, -0.05) is 41.5 Å². The molecule has 2 heterocycles. The van der Waals surface area contributed by atoms with Gasteiger partial charge in [0.15, 0.2) is 10.8 Å². The Morgan fingerprint density at radius 2 is 2.32 bits per heavy atom. The second-order valence-electron chi connectivity index (χ2n) is 3.68. The summed E-state index contributed by atoms with van der Waals surface area (Å²) in [5.41, 5.74) is 1.19. The number of pyridine rings is 1. The van der Waals surface area contributed by atoms with Gasteiger partial charge in [0.25, 0.3) is 0 Å². The normalized spacial score (nSPS) is 10.8. The summed E-state index contributed by atoms with van der Waals surface area (Å²) in [6.45, 7) is 3.94. The lowest BCUT2D eigenvalue weighted by Gasteiger charge is -2.05. The summed E-state index contributed by atoms with van der Waals surface area (Å²) in [6.07, 6.45) is 1.50. The van der Waals surface area contributed by atoms with E-state index in [2.05, 4.69) is 16.5 Å². The summed E-state index contributed by atoms with van der Waals surface area (Å²) >= 11 is 12.8. The van der Waals surface area contributed by atoms with Crippen molar-refractivity contribution in [3.05, 3.63) is 28.9 Å². The number of imidazole rings is 1. The Hall–Kier alpha value is -1.24. The molecule has 0 saturated carbocycles. The number of hydrogen-bond acceptors (Lipinski definition) is 4. The standard InChI is InChI=1S/C11H9Cl2N3O2S/c1-6(12)4-16-10-8(2-7(13)3-14-10)15-11(16)19-5-9(17)18/h2-3H,1,4-5H2,(H,17,18). The predicted octanol–water partition coefficient (Wildman–Crippen LogP) is 3.01. The van der Waals surface area contributed by atoms with E-state index in [4.69, 9.17) is 28.3 Å². The third-order valence-corrected chi connectivity index (χ3v) is 3.46. The number of carbonyl (C=O) groups is 1. The van der Waals surface area contributed by atoms with E-state index in [-0.39, 0.29) is 5.75 Å². The number of halogens is 2. The minimum absolute atomic E-state index is 0.0915. The van der Waals surface area contributed by atoms with Crippen molar-refractivity contribution in [3.63, 3.8) is 0 Å². The Morgan fingerprint density at radius 3 is 2.95 bits per heavy atom. The van der Waals surface area contributed by atoms with Gasteiger partial charge in [0.1, 0.15) is 5.52 Å². The molecule has 0 bridgehead atoms. The molecular weight excluding hydrogens is 309 g/mol. The molecule has 0 aliphatic carbocycles. The molecule has 100 valence electrons. The number of hydrogen-bond donors (Lipinski definition) is 1. The molecule has 0 aliphatic heterocycles. The van der Waals surface area contributed by atoms with E-state index in [9.17, 15) is 4.79 Å². The van der Waals surface area contributed by atoms with Crippen LogP contribution in [0.4, 0.5) is 0 Å². The Kier molecular flexibility index (Phi) is 4.34. The monoisotopic (exact) mass is 317 g/mol. The summed E-state index contributed by atoms with van der Waals surface area (Å²) in [5, 5.41) is 10.1. The highest BCUT2D eigenvalue weighted by molar-refractivity contribution is 7.99. The molecule has 2 aromatic rings. The summed E-state index contributed by atoms with van der Waals surface area (Å²) < 4.78 is 1.72. The molecular formula is C11H9Cl2N3O2S. The molecule has 0 radical (unpaired) electrons. The van der Waals surface area contributed by atoms with Crippen LogP contribution in [-0.2, 0) is 11.3 Å². The fraction of sp³-hybridized carbons (Fsp3) is 0.182. The number of allylic oxidation sites excluding steroid dienone is 1. The van der Waals surface area contributed by atoms with Crippen LogP contribution in [0.2, 0.25) is 5.02 Å². The van der Waals surface area contributed by atoms with Crippen LogP contribution in [-0.4, -0.2) is 31.4 Å². The van der Waals surface area contributed by atoms with Crippen LogP contribution in [0.1, 0.15) is 0 Å². The first-order valence-corrected chi connectivity index (χ1v) is 6.91. The number of aliphatic carboxylic acids is 1. The van der Waals surface area contributed by atoms with Crippen LogP contribution in [0.25, 0.3) is 11.2 Å². The highest BCUT2D eigenvalue weighted by Crippen LogP contribution is 2.25. The van der Waals surface area contributed by atoms with Gasteiger partial charge >= 0.3 is 5.97 Å². The summed E-state index contributed by atoms with van der Waals surface area (Å²) in [6, 6.07) is 1.67. The molecule has 0 amide bonds. The van der Waals surface area contributed by atoms with Crippen molar-refractivity contribution in [2.24, 2.45) is 0 Å². The number of rotatable bonds is 5. The van der Waals surface area contributed by atoms with Crippen molar-refractivity contribution in [1.82, 2.24) is 14.5 Å². The van der Waals surface area contributed by atoms with Crippen molar-refractivity contribution in [2.45, 2.75) is 11.7 Å². The first kappa shape index (κ1) is 14.2. The van der Waals surface area contributed by atoms with E-state index in [1.807, 2.05) is 0 Å². The van der Waals surface area contributed by atoms with Gasteiger partial charge in [0, 0.05) is 11.2 Å². The van der Waals surface area contributed by atoms with Crippen molar-refractivity contribution in [1.29, 1.82) is 0 Å². The number of nitrogens with zero attached hydrogens (tertiary/aromatic N) is 3. The van der Waals surface area contributed by atoms with E-state index >= 15 is 0 Å². The second kappa shape index (κ2) is 5.81. The van der Waals surface area contributed by atoms with Crippen LogP contribution in [0, 0.1) is 0 Å². The van der Waals surface area contributed by atoms with Crippen molar-refractivity contribution < 1.29 is 9.90 Å². The zero-order valence-corrected chi connectivity index (χ0v) is 12.0. The molecule has 0 saturated heterocycles. The van der Waals surface area contributed by atoms with Crippen LogP contribution in [0.3, 0.4) is 0 Å². The maximum Gasteiger partial charge on any atom is 0.313 e. The maximum absolute atomic E-state index is 10.6. The van der Waals surface area contributed by atoms with Crippen LogP contribution in [0.5, 0.6) is 0 Å². The van der Waals surface area contributed by atoms with Gasteiger partial charge < -0.3 is 5.11 Å². The molecule has 8 heteroatoms. The fourth-order valence-corrected chi connectivity index (χ4v) is 2.51. The molecule has 0 fully saturated rings. The van der Waals surface area contributed by atoms with Gasteiger partial charge in [-0.3, -0.25) is 9.36 Å². The number of aromatic nitrogens is 3. The van der Waals surface area contributed by atoms with Crippen LogP contribution < -0.4 is 0 Å². The average Bonchev–Trinajstić information content (AvgIpc) is 2.63. The molecule has 0 spiro atoms. The van der Waals surface area contributed by atoms with Gasteiger partial charge in [-0.15, -0.1) is 0 Å². The van der Waals surface area contributed by atoms with Gasteiger partial charge in [-0.25, -0.2) is 9.97 Å². The lowest BCUT2D eigenvalue weighted by molar-refractivity contribution is -0.133. The van der Waals surface area contributed by atoms with Crippen molar-refractivity contribution >= 4 is 52.1 Å². The predicted molar refractivity (Wildman–Crippen MR) is 75.9 cm³/mol. The lowest BCUT2D eigenvalue weighted by Crippen LogP contribution is -2.04. The molecule has 2 rings (SSSR count). The molecule has 0 aromatic carbocycles. The molecule has 0 unspecified atom stereocenters. The Labute approximate surface area is 123 Å². The number of carboxylic acids is 1. The van der Waals surface area contributed by atoms with Crippen LogP contribution in [0.15, 0.2) is 29.0 Å². The van der Waals surface area contributed by atoms with E-state index in [1.165, 1.54) is 6.20 Å². The average molecular weight is 318 g/mol.